The molecule has 0 aliphatic rings. The molecule has 1 rings (SSSR count). The highest BCUT2D eigenvalue weighted by molar-refractivity contribution is 7.05. The van der Waals surface area contributed by atoms with Crippen molar-refractivity contribution in [2.45, 2.75) is 0 Å². The van der Waals surface area contributed by atoms with E-state index < -0.39 is 6.15 Å². The number of hydrogen-bond acceptors (Lipinski definition) is 5. The van der Waals surface area contributed by atoms with Gasteiger partial charge in [-0.25, -0.2) is 25.6 Å². The van der Waals surface area contributed by atoms with Crippen LogP contribution in [0.1, 0.15) is 0 Å². The third-order valence-electron chi connectivity index (χ3n) is 1.73. The van der Waals surface area contributed by atoms with Gasteiger partial charge >= 0.3 is 6.15 Å². The number of aromatic nitrogens is 2. The van der Waals surface area contributed by atoms with Gasteiger partial charge in [-0.1, -0.05) is 4.73 Å². The van der Waals surface area contributed by atoms with Crippen LogP contribution in [-0.2, 0) is 7.05 Å². The highest BCUT2D eigenvalue weighted by Gasteiger charge is 2.22. The fourth-order valence-electron chi connectivity index (χ4n) is 0.709. The van der Waals surface area contributed by atoms with Crippen LogP contribution in [0.25, 0.3) is 0 Å². The average Bonchev–Trinajstić information content (AvgIpc) is 2.80. The first-order valence-corrected chi connectivity index (χ1v) is 4.45. The Balaban J connectivity index is 0.000000302. The predicted molar refractivity (Wildman–Crippen MR) is 56.3 cm³/mol. The van der Waals surface area contributed by atoms with Crippen molar-refractivity contribution in [2.75, 3.05) is 7.11 Å². The summed E-state index contributed by atoms with van der Waals surface area (Å²) in [5.41, 5.74) is 0. The maximum atomic E-state index is 8.09. The minimum atomic E-state index is -2.72. The van der Waals surface area contributed by atoms with Crippen LogP contribution in [0.2, 0.25) is 0 Å². The van der Waals surface area contributed by atoms with Gasteiger partial charge in [0.15, 0.2) is 6.20 Å². The van der Waals surface area contributed by atoms with Crippen molar-refractivity contribution in [3.05, 3.63) is 18.7 Å². The molecule has 0 amide bonds. The second-order valence-corrected chi connectivity index (χ2v) is 3.00. The molecule has 0 aromatic carbocycles. The third-order valence-corrected chi connectivity index (χ3v) is 1.73. The molecule has 0 bridgehead atoms. The summed E-state index contributed by atoms with van der Waals surface area (Å²) in [6.45, 7) is 0. The van der Waals surface area contributed by atoms with Crippen LogP contribution in [0.3, 0.4) is 0 Å². The molecule has 0 spiro atoms. The van der Waals surface area contributed by atoms with E-state index in [1.807, 2.05) is 30.3 Å². The van der Waals surface area contributed by atoms with Gasteiger partial charge < -0.3 is 4.84 Å². The molecule has 0 atom stereocenters. The standard InChI is InChI=1S/C5H9N2O.C4BN4/c1-6-3-4-7(5-6)8-2;6-1-5(2-7,3-8)4-9/h3-5H,1-2H3;/q+1;-1. The lowest BCUT2D eigenvalue weighted by Crippen LogP contribution is -2.26. The normalized spacial score (nSPS) is 8.35. The van der Waals surface area contributed by atoms with Crippen molar-refractivity contribution in [1.29, 1.82) is 21.0 Å². The number of rotatable bonds is 1. The van der Waals surface area contributed by atoms with Gasteiger partial charge in [0, 0.05) is 0 Å². The maximum absolute atomic E-state index is 8.09. The van der Waals surface area contributed by atoms with E-state index in [2.05, 4.69) is 0 Å². The SMILES string of the molecule is COn1cc[n+](C)c1.N#C[B-](C#N)(C#N)C#N. The molecule has 0 saturated carbocycles. The van der Waals surface area contributed by atoms with Crippen LogP contribution in [0, 0.1) is 44.9 Å². The summed E-state index contributed by atoms with van der Waals surface area (Å²) in [4.78, 5) is 4.83. The molecule has 84 valence electrons. The summed E-state index contributed by atoms with van der Waals surface area (Å²) in [6.07, 6.45) is 2.85. The molecular formula is C9H9BN6O. The molecule has 8 heteroatoms. The maximum Gasteiger partial charge on any atom is 0.383 e. The monoisotopic (exact) mass is 228 g/mol. The van der Waals surface area contributed by atoms with Gasteiger partial charge in [0.2, 0.25) is 0 Å². The minimum Gasteiger partial charge on any atom is -0.339 e. The Labute approximate surface area is 98.8 Å². The zero-order valence-corrected chi connectivity index (χ0v) is 9.40. The van der Waals surface area contributed by atoms with Gasteiger partial charge in [0.1, 0.15) is 13.3 Å². The number of nitriles is 4. The van der Waals surface area contributed by atoms with Gasteiger partial charge in [-0.3, -0.25) is 0 Å². The quantitative estimate of drug-likeness (QED) is 0.454. The minimum absolute atomic E-state index is 1.34. The molecule has 17 heavy (non-hydrogen) atoms. The molecule has 0 saturated heterocycles. The van der Waals surface area contributed by atoms with E-state index in [-0.39, 0.29) is 0 Å². The second-order valence-electron chi connectivity index (χ2n) is 3.00. The fourth-order valence-corrected chi connectivity index (χ4v) is 0.709. The highest BCUT2D eigenvalue weighted by Crippen LogP contribution is 1.92. The molecule has 0 fully saturated rings. The molecular weight excluding hydrogens is 219 g/mol. The molecule has 0 N–H and O–H groups in total. The highest BCUT2D eigenvalue weighted by atomic mass is 16.6. The summed E-state index contributed by atoms with van der Waals surface area (Å²) in [5.74, 6) is 5.38. The lowest BCUT2D eigenvalue weighted by molar-refractivity contribution is -0.672. The second kappa shape index (κ2) is 6.51. The molecule has 0 radical (unpaired) electrons. The number of aryl methyl sites for hydroxylation is 1. The Kier molecular flexibility index (Phi) is 5.37. The number of hydrogen-bond donors (Lipinski definition) is 0. The van der Waals surface area contributed by atoms with Crippen LogP contribution < -0.4 is 9.40 Å². The van der Waals surface area contributed by atoms with Crippen molar-refractivity contribution >= 4 is 6.15 Å². The van der Waals surface area contributed by atoms with E-state index in [0.717, 1.165) is 0 Å². The van der Waals surface area contributed by atoms with Crippen LogP contribution >= 0.6 is 0 Å². The molecule has 1 heterocycles. The summed E-state index contributed by atoms with van der Waals surface area (Å²) < 4.78 is 3.53. The number of imidazole rings is 1. The number of nitrogens with zero attached hydrogens (tertiary/aromatic N) is 6. The molecule has 0 unspecified atom stereocenters. The van der Waals surface area contributed by atoms with E-state index in [0.29, 0.717) is 0 Å². The van der Waals surface area contributed by atoms with E-state index in [1.54, 1.807) is 11.8 Å². The van der Waals surface area contributed by atoms with Crippen LogP contribution in [0.4, 0.5) is 0 Å². The van der Waals surface area contributed by atoms with Crippen molar-refractivity contribution < 1.29 is 9.40 Å². The van der Waals surface area contributed by atoms with Gasteiger partial charge in [0.25, 0.3) is 6.33 Å². The van der Waals surface area contributed by atoms with Crippen LogP contribution in [-0.4, -0.2) is 18.0 Å². The third kappa shape index (κ3) is 3.95. The first-order valence-electron chi connectivity index (χ1n) is 4.45. The zero-order chi connectivity index (χ0) is 13.3. The van der Waals surface area contributed by atoms with Crippen LogP contribution in [0.15, 0.2) is 18.7 Å². The Bertz CT molecular complexity index is 476. The summed E-state index contributed by atoms with van der Waals surface area (Å²) in [6, 6.07) is 0. The van der Waals surface area contributed by atoms with Gasteiger partial charge in [0.05, 0.1) is 7.05 Å². The van der Waals surface area contributed by atoms with Gasteiger partial charge in [-0.15, -0.1) is 23.9 Å². The van der Waals surface area contributed by atoms with E-state index >= 15 is 0 Å². The van der Waals surface area contributed by atoms with Crippen LogP contribution in [0.5, 0.6) is 0 Å². The van der Waals surface area contributed by atoms with Gasteiger partial charge in [-0.2, -0.15) is 0 Å². The fraction of sp³-hybridized carbons (Fsp3) is 0.222. The van der Waals surface area contributed by atoms with Gasteiger partial charge in [-0.05, 0) is 0 Å². The lowest BCUT2D eigenvalue weighted by Gasteiger charge is -1.98. The average molecular weight is 228 g/mol. The molecule has 7 nitrogen and oxygen atoms in total. The largest absolute Gasteiger partial charge is 0.383 e. The molecule has 0 aliphatic heterocycles. The summed E-state index contributed by atoms with van der Waals surface area (Å²) in [5, 5.41) is 32.3. The Morgan fingerprint density at radius 3 is 1.71 bits per heavy atom. The molecule has 1 aromatic rings. The van der Waals surface area contributed by atoms with Crippen molar-refractivity contribution in [2.24, 2.45) is 7.05 Å². The van der Waals surface area contributed by atoms with E-state index in [4.69, 9.17) is 25.9 Å². The summed E-state index contributed by atoms with van der Waals surface area (Å²) >= 11 is 0. The van der Waals surface area contributed by atoms with E-state index in [1.165, 1.54) is 23.9 Å². The summed E-state index contributed by atoms with van der Waals surface area (Å²) in [7, 11) is 3.56. The molecule has 1 aromatic heterocycles. The Morgan fingerprint density at radius 2 is 1.59 bits per heavy atom. The van der Waals surface area contributed by atoms with Crippen molar-refractivity contribution in [3.63, 3.8) is 0 Å². The zero-order valence-electron chi connectivity index (χ0n) is 9.40. The Hall–Kier alpha value is -2.97. The van der Waals surface area contributed by atoms with E-state index in [9.17, 15) is 0 Å². The predicted octanol–water partition coefficient (Wildman–Crippen LogP) is -0.943. The topological polar surface area (TPSA) is 113 Å². The molecule has 0 aliphatic carbocycles. The first kappa shape index (κ1) is 14.0. The Morgan fingerprint density at radius 1 is 1.12 bits per heavy atom. The smallest absolute Gasteiger partial charge is 0.339 e. The van der Waals surface area contributed by atoms with Crippen molar-refractivity contribution in [3.8, 4) is 23.9 Å². The van der Waals surface area contributed by atoms with Crippen molar-refractivity contribution in [1.82, 2.24) is 4.73 Å². The lowest BCUT2D eigenvalue weighted by atomic mass is 9.30. The first-order chi connectivity index (χ1) is 8.07.